The fraction of sp³-hybridized carbons (Fsp3) is 0.391. The second-order valence-corrected chi connectivity index (χ2v) is 9.89. The maximum atomic E-state index is 13.6. The van der Waals surface area contributed by atoms with Crippen LogP contribution in [0.25, 0.3) is 11.2 Å². The van der Waals surface area contributed by atoms with E-state index in [2.05, 4.69) is 31.9 Å². The lowest BCUT2D eigenvalue weighted by Gasteiger charge is -2.23. The van der Waals surface area contributed by atoms with E-state index in [1.165, 1.54) is 0 Å². The highest BCUT2D eigenvalue weighted by molar-refractivity contribution is 7.57. The Morgan fingerprint density at radius 2 is 2.06 bits per heavy atom. The van der Waals surface area contributed by atoms with Gasteiger partial charge >= 0.3 is 13.5 Å². The van der Waals surface area contributed by atoms with Crippen molar-refractivity contribution in [2.75, 3.05) is 37.2 Å². The van der Waals surface area contributed by atoms with E-state index in [0.717, 1.165) is 0 Å². The van der Waals surface area contributed by atoms with Crippen molar-refractivity contribution in [1.82, 2.24) is 24.6 Å². The molecule has 3 rings (SSSR count). The standard InChI is InChI=1S/C23H32N7O5P/c1-4-11-25-20-19-21(28-23(24)27-20)30(15-26-19)12-14-33-16-36(32,35-18-9-7-6-8-10-18)29-17(3)22(31)34-13-5-2/h4,6-10,15,17H,1,5,11-14,16H2,2-3H3,(H,29,32)(H3,24,25,27,28)/t17-,36?/m0/s1. The summed E-state index contributed by atoms with van der Waals surface area (Å²) < 4.78 is 32.0. The Balaban J connectivity index is 1.66. The summed E-state index contributed by atoms with van der Waals surface area (Å²) in [5.41, 5.74) is 6.95. The molecule has 0 aliphatic heterocycles. The number of hydrogen-bond donors (Lipinski definition) is 3. The predicted octanol–water partition coefficient (Wildman–Crippen LogP) is 3.18. The fourth-order valence-electron chi connectivity index (χ4n) is 3.18. The molecule has 0 fully saturated rings. The van der Waals surface area contributed by atoms with Gasteiger partial charge in [-0.15, -0.1) is 6.58 Å². The molecule has 0 spiro atoms. The Morgan fingerprint density at radius 1 is 1.28 bits per heavy atom. The van der Waals surface area contributed by atoms with Crippen molar-refractivity contribution in [1.29, 1.82) is 0 Å². The summed E-state index contributed by atoms with van der Waals surface area (Å²) in [5, 5.41) is 5.86. The molecule has 36 heavy (non-hydrogen) atoms. The number of fused-ring (bicyclic) bond motifs is 1. The molecule has 0 saturated carbocycles. The molecule has 4 N–H and O–H groups in total. The van der Waals surface area contributed by atoms with Gasteiger partial charge in [-0.05, 0) is 25.5 Å². The maximum Gasteiger partial charge on any atom is 0.342 e. The normalized spacial score (nSPS) is 13.6. The van der Waals surface area contributed by atoms with E-state index in [9.17, 15) is 9.36 Å². The van der Waals surface area contributed by atoms with Gasteiger partial charge in [0.05, 0.1) is 19.5 Å². The number of imidazole rings is 1. The van der Waals surface area contributed by atoms with Gasteiger partial charge in [-0.1, -0.05) is 31.2 Å². The number of carbonyl (C=O) groups excluding carboxylic acids is 1. The minimum Gasteiger partial charge on any atom is -0.465 e. The van der Waals surface area contributed by atoms with Crippen molar-refractivity contribution in [3.8, 4) is 5.75 Å². The maximum absolute atomic E-state index is 13.6. The molecule has 0 radical (unpaired) electrons. The lowest BCUT2D eigenvalue weighted by molar-refractivity contribution is -0.145. The molecule has 194 valence electrons. The first-order valence-electron chi connectivity index (χ1n) is 11.5. The molecule has 2 atom stereocenters. The number of carbonyl (C=O) groups is 1. The molecular formula is C23H32N7O5P. The molecule has 0 amide bonds. The van der Waals surface area contributed by atoms with E-state index >= 15 is 0 Å². The average Bonchev–Trinajstić information content (AvgIpc) is 3.26. The number of nitrogens with zero attached hydrogens (tertiary/aromatic N) is 4. The van der Waals surface area contributed by atoms with Crippen LogP contribution >= 0.6 is 7.52 Å². The van der Waals surface area contributed by atoms with Gasteiger partial charge in [-0.2, -0.15) is 9.97 Å². The lowest BCUT2D eigenvalue weighted by Crippen LogP contribution is -2.35. The summed E-state index contributed by atoms with van der Waals surface area (Å²) in [6, 6.07) is 7.83. The monoisotopic (exact) mass is 517 g/mol. The Bertz CT molecular complexity index is 1200. The van der Waals surface area contributed by atoms with Crippen LogP contribution in [0.15, 0.2) is 49.3 Å². The van der Waals surface area contributed by atoms with Crippen molar-refractivity contribution in [2.24, 2.45) is 0 Å². The number of esters is 1. The molecule has 0 aliphatic carbocycles. The molecule has 3 aromatic rings. The van der Waals surface area contributed by atoms with Crippen LogP contribution in [-0.2, 0) is 25.4 Å². The third-order valence-electron chi connectivity index (χ3n) is 4.82. The molecule has 0 aliphatic rings. The van der Waals surface area contributed by atoms with Crippen molar-refractivity contribution in [3.63, 3.8) is 0 Å². The van der Waals surface area contributed by atoms with E-state index in [-0.39, 0.29) is 25.5 Å². The molecule has 12 nitrogen and oxygen atoms in total. The number of nitrogen functional groups attached to an aromatic ring is 1. The van der Waals surface area contributed by atoms with Crippen molar-refractivity contribution in [3.05, 3.63) is 49.3 Å². The summed E-state index contributed by atoms with van der Waals surface area (Å²) in [4.78, 5) is 25.0. The summed E-state index contributed by atoms with van der Waals surface area (Å²) in [6.07, 6.45) is 3.71. The second-order valence-electron chi connectivity index (χ2n) is 7.84. The number of aromatic nitrogens is 4. The van der Waals surface area contributed by atoms with Gasteiger partial charge in [0.2, 0.25) is 5.95 Å². The van der Waals surface area contributed by atoms with E-state index in [1.54, 1.807) is 48.2 Å². The average molecular weight is 518 g/mol. The van der Waals surface area contributed by atoms with Crippen molar-refractivity contribution < 1.29 is 23.4 Å². The third-order valence-corrected chi connectivity index (χ3v) is 6.63. The number of hydrogen-bond acceptors (Lipinski definition) is 10. The van der Waals surface area contributed by atoms with Crippen LogP contribution in [0.5, 0.6) is 5.75 Å². The number of benzene rings is 1. The summed E-state index contributed by atoms with van der Waals surface area (Å²) in [7, 11) is -3.63. The van der Waals surface area contributed by atoms with Crippen LogP contribution in [0, 0.1) is 0 Å². The summed E-state index contributed by atoms with van der Waals surface area (Å²) in [6.45, 7) is 8.44. The number of rotatable bonds is 15. The zero-order chi connectivity index (χ0) is 26.0. The molecule has 2 aromatic heterocycles. The Hall–Kier alpha value is -3.47. The van der Waals surface area contributed by atoms with E-state index < -0.39 is 19.5 Å². The van der Waals surface area contributed by atoms with Crippen molar-refractivity contribution in [2.45, 2.75) is 32.9 Å². The first-order chi connectivity index (χ1) is 17.3. The topological polar surface area (TPSA) is 156 Å². The minimum atomic E-state index is -3.63. The SMILES string of the molecule is C=CCNc1nc(N)nc2c1ncn2CCOCP(=O)(N[C@@H](C)C(=O)OCCC)Oc1ccccc1. The Morgan fingerprint density at radius 3 is 2.78 bits per heavy atom. The van der Waals surface area contributed by atoms with Crippen molar-refractivity contribution >= 4 is 36.4 Å². The molecule has 1 unspecified atom stereocenters. The number of para-hydroxylation sites is 1. The van der Waals surface area contributed by atoms with Crippen LogP contribution in [0.4, 0.5) is 11.8 Å². The summed E-state index contributed by atoms with van der Waals surface area (Å²) in [5.74, 6) is 0.478. The van der Waals surface area contributed by atoms with Crippen LogP contribution in [-0.4, -0.2) is 57.6 Å². The van der Waals surface area contributed by atoms with E-state index in [0.29, 0.717) is 42.2 Å². The largest absolute Gasteiger partial charge is 0.465 e. The molecular weight excluding hydrogens is 485 g/mol. The molecule has 0 saturated heterocycles. The van der Waals surface area contributed by atoms with Gasteiger partial charge in [-0.25, -0.2) is 10.1 Å². The van der Waals surface area contributed by atoms with Crippen LogP contribution in [0.1, 0.15) is 20.3 Å². The first kappa shape index (κ1) is 27.1. The highest BCUT2D eigenvalue weighted by atomic mass is 31.2. The van der Waals surface area contributed by atoms with Gasteiger partial charge in [0.25, 0.3) is 0 Å². The number of ether oxygens (including phenoxy) is 2. The molecule has 13 heteroatoms. The zero-order valence-electron chi connectivity index (χ0n) is 20.4. The lowest BCUT2D eigenvalue weighted by atomic mass is 10.3. The highest BCUT2D eigenvalue weighted by Crippen LogP contribution is 2.43. The number of anilines is 2. The molecule has 0 bridgehead atoms. The zero-order valence-corrected chi connectivity index (χ0v) is 21.3. The van der Waals surface area contributed by atoms with Gasteiger partial charge in [0.1, 0.15) is 18.1 Å². The molecule has 1 aromatic carbocycles. The van der Waals surface area contributed by atoms with E-state index in [4.69, 9.17) is 19.7 Å². The second kappa shape index (κ2) is 13.0. The predicted molar refractivity (Wildman–Crippen MR) is 138 cm³/mol. The first-order valence-corrected chi connectivity index (χ1v) is 13.3. The Labute approximate surface area is 209 Å². The van der Waals surface area contributed by atoms with E-state index in [1.807, 2.05) is 13.0 Å². The summed E-state index contributed by atoms with van der Waals surface area (Å²) >= 11 is 0. The smallest absolute Gasteiger partial charge is 0.342 e. The van der Waals surface area contributed by atoms with Gasteiger partial charge in [0, 0.05) is 13.1 Å². The van der Waals surface area contributed by atoms with Gasteiger partial charge in [0.15, 0.2) is 17.0 Å². The highest BCUT2D eigenvalue weighted by Gasteiger charge is 2.31. The third kappa shape index (κ3) is 7.51. The van der Waals surface area contributed by atoms with Crippen LogP contribution in [0.2, 0.25) is 0 Å². The number of nitrogens with one attached hydrogen (secondary N) is 2. The van der Waals surface area contributed by atoms with Gasteiger partial charge in [-0.3, -0.25) is 9.36 Å². The fourth-order valence-corrected chi connectivity index (χ4v) is 4.89. The number of nitrogens with two attached hydrogens (primary N) is 1. The molecule has 2 heterocycles. The van der Waals surface area contributed by atoms with Crippen LogP contribution in [0.3, 0.4) is 0 Å². The minimum absolute atomic E-state index is 0.102. The van der Waals surface area contributed by atoms with Crippen LogP contribution < -0.4 is 20.7 Å². The Kier molecular flexibility index (Phi) is 9.80. The van der Waals surface area contributed by atoms with Gasteiger partial charge < -0.3 is 29.6 Å². The quantitative estimate of drug-likeness (QED) is 0.118.